The summed E-state index contributed by atoms with van der Waals surface area (Å²) in [6.45, 7) is 9.41. The smallest absolute Gasteiger partial charge is 0.000516 e. The molecule has 12 heavy (non-hydrogen) atoms. The van der Waals surface area contributed by atoms with Crippen LogP contribution >= 0.6 is 0 Å². The predicted octanol–water partition coefficient (Wildman–Crippen LogP) is 2.81. The first-order chi connectivity index (χ1) is 5.62. The molecule has 1 nitrogen and oxygen atoms in total. The number of hydrogen-bond donors (Lipinski definition) is 1. The van der Waals surface area contributed by atoms with Crippen LogP contribution in [0.4, 0.5) is 0 Å². The molecule has 0 aromatic rings. The van der Waals surface area contributed by atoms with E-state index >= 15 is 0 Å². The molecule has 0 saturated heterocycles. The fourth-order valence-electron chi connectivity index (χ4n) is 1.74. The summed E-state index contributed by atoms with van der Waals surface area (Å²) in [5.41, 5.74) is 0.650. The standard InChI is InChI=1S/C11H23N/c1-10(2)5-8-12-9-11(3)6-4-7-11/h10,12H,4-9H2,1-3H3. The van der Waals surface area contributed by atoms with E-state index in [1.807, 2.05) is 0 Å². The van der Waals surface area contributed by atoms with E-state index in [1.165, 1.54) is 38.8 Å². The number of hydrogen-bond acceptors (Lipinski definition) is 1. The lowest BCUT2D eigenvalue weighted by molar-refractivity contribution is 0.156. The molecule has 1 fully saturated rings. The first kappa shape index (κ1) is 10.0. The van der Waals surface area contributed by atoms with Crippen LogP contribution in [0.25, 0.3) is 0 Å². The van der Waals surface area contributed by atoms with Gasteiger partial charge < -0.3 is 5.32 Å². The quantitative estimate of drug-likeness (QED) is 0.624. The lowest BCUT2D eigenvalue weighted by atomic mass is 9.70. The van der Waals surface area contributed by atoms with Gasteiger partial charge in [-0.2, -0.15) is 0 Å². The SMILES string of the molecule is CC(C)CCNCC1(C)CCC1. The molecule has 0 bridgehead atoms. The molecule has 1 N–H and O–H groups in total. The highest BCUT2D eigenvalue weighted by atomic mass is 14.9. The van der Waals surface area contributed by atoms with Gasteiger partial charge in [-0.1, -0.05) is 27.2 Å². The molecule has 0 aromatic heterocycles. The van der Waals surface area contributed by atoms with Gasteiger partial charge in [-0.25, -0.2) is 0 Å². The average Bonchev–Trinajstić information content (AvgIpc) is 1.94. The van der Waals surface area contributed by atoms with Gasteiger partial charge in [0.25, 0.3) is 0 Å². The van der Waals surface area contributed by atoms with Crippen LogP contribution in [0.15, 0.2) is 0 Å². The Morgan fingerprint density at radius 3 is 2.42 bits per heavy atom. The maximum absolute atomic E-state index is 3.56. The second-order valence-corrected chi connectivity index (χ2v) is 5.02. The summed E-state index contributed by atoms with van der Waals surface area (Å²) in [5, 5.41) is 3.56. The van der Waals surface area contributed by atoms with Crippen molar-refractivity contribution >= 4 is 0 Å². The maximum Gasteiger partial charge on any atom is 0.000516 e. The zero-order valence-corrected chi connectivity index (χ0v) is 8.82. The zero-order valence-electron chi connectivity index (χ0n) is 8.82. The topological polar surface area (TPSA) is 12.0 Å². The fourth-order valence-corrected chi connectivity index (χ4v) is 1.74. The largest absolute Gasteiger partial charge is 0.316 e. The summed E-state index contributed by atoms with van der Waals surface area (Å²) in [6.07, 6.45) is 5.63. The molecule has 1 aliphatic rings. The Morgan fingerprint density at radius 2 is 2.00 bits per heavy atom. The van der Waals surface area contributed by atoms with E-state index in [9.17, 15) is 0 Å². The Morgan fingerprint density at radius 1 is 1.33 bits per heavy atom. The molecule has 0 atom stereocenters. The van der Waals surface area contributed by atoms with Crippen molar-refractivity contribution < 1.29 is 0 Å². The Hall–Kier alpha value is -0.0400. The highest BCUT2D eigenvalue weighted by Crippen LogP contribution is 2.39. The minimum Gasteiger partial charge on any atom is -0.316 e. The Bertz CT molecular complexity index is 125. The van der Waals surface area contributed by atoms with Crippen molar-refractivity contribution in [2.24, 2.45) is 11.3 Å². The molecule has 72 valence electrons. The van der Waals surface area contributed by atoms with Crippen LogP contribution in [0.1, 0.15) is 46.5 Å². The van der Waals surface area contributed by atoms with E-state index < -0.39 is 0 Å². The van der Waals surface area contributed by atoms with E-state index in [1.54, 1.807) is 0 Å². The number of nitrogens with one attached hydrogen (secondary N) is 1. The highest BCUT2D eigenvalue weighted by molar-refractivity contribution is 4.84. The first-order valence-corrected chi connectivity index (χ1v) is 5.33. The van der Waals surface area contributed by atoms with Crippen molar-refractivity contribution in [1.82, 2.24) is 5.32 Å². The van der Waals surface area contributed by atoms with E-state index in [-0.39, 0.29) is 0 Å². The van der Waals surface area contributed by atoms with Crippen molar-refractivity contribution in [2.75, 3.05) is 13.1 Å². The summed E-state index contributed by atoms with van der Waals surface area (Å²) >= 11 is 0. The van der Waals surface area contributed by atoms with Crippen molar-refractivity contribution in [3.8, 4) is 0 Å². The lowest BCUT2D eigenvalue weighted by Crippen LogP contribution is -2.37. The van der Waals surface area contributed by atoms with Gasteiger partial charge in [-0.05, 0) is 37.1 Å². The van der Waals surface area contributed by atoms with Gasteiger partial charge >= 0.3 is 0 Å². The second kappa shape index (κ2) is 4.27. The van der Waals surface area contributed by atoms with Crippen molar-refractivity contribution in [3.63, 3.8) is 0 Å². The van der Waals surface area contributed by atoms with Gasteiger partial charge in [-0.15, -0.1) is 0 Å². The zero-order chi connectivity index (χ0) is 9.03. The average molecular weight is 169 g/mol. The highest BCUT2D eigenvalue weighted by Gasteiger charge is 2.30. The third-order valence-electron chi connectivity index (χ3n) is 3.01. The molecule has 1 saturated carbocycles. The second-order valence-electron chi connectivity index (χ2n) is 5.02. The van der Waals surface area contributed by atoms with Crippen LogP contribution in [0.5, 0.6) is 0 Å². The van der Waals surface area contributed by atoms with Gasteiger partial charge in [0.2, 0.25) is 0 Å². The molecule has 0 aromatic carbocycles. The van der Waals surface area contributed by atoms with Crippen LogP contribution in [0, 0.1) is 11.3 Å². The van der Waals surface area contributed by atoms with Crippen LogP contribution < -0.4 is 5.32 Å². The normalized spacial score (nSPS) is 21.0. The van der Waals surface area contributed by atoms with Gasteiger partial charge in [0.05, 0.1) is 0 Å². The van der Waals surface area contributed by atoms with Gasteiger partial charge in [0.15, 0.2) is 0 Å². The van der Waals surface area contributed by atoms with Crippen LogP contribution in [0.2, 0.25) is 0 Å². The molecule has 0 unspecified atom stereocenters. The molecule has 1 heteroatoms. The summed E-state index contributed by atoms with van der Waals surface area (Å²) in [6, 6.07) is 0. The Kier molecular flexibility index (Phi) is 3.57. The van der Waals surface area contributed by atoms with Crippen LogP contribution in [-0.2, 0) is 0 Å². The molecular weight excluding hydrogens is 146 g/mol. The van der Waals surface area contributed by atoms with Gasteiger partial charge in [-0.3, -0.25) is 0 Å². The van der Waals surface area contributed by atoms with Crippen molar-refractivity contribution in [2.45, 2.75) is 46.5 Å². The lowest BCUT2D eigenvalue weighted by Gasteiger charge is -2.38. The van der Waals surface area contributed by atoms with E-state index in [2.05, 4.69) is 26.1 Å². The third kappa shape index (κ3) is 3.14. The third-order valence-corrected chi connectivity index (χ3v) is 3.01. The summed E-state index contributed by atoms with van der Waals surface area (Å²) in [5.74, 6) is 0.840. The molecular formula is C11H23N. The van der Waals surface area contributed by atoms with E-state index in [0.717, 1.165) is 5.92 Å². The Balaban J connectivity index is 1.95. The summed E-state index contributed by atoms with van der Waals surface area (Å²) in [4.78, 5) is 0. The van der Waals surface area contributed by atoms with Crippen LogP contribution in [0.3, 0.4) is 0 Å². The minimum absolute atomic E-state index is 0.650. The molecule has 0 heterocycles. The molecule has 0 aliphatic heterocycles. The number of rotatable bonds is 5. The molecule has 0 spiro atoms. The molecule has 0 amide bonds. The fraction of sp³-hybridized carbons (Fsp3) is 1.00. The monoisotopic (exact) mass is 169 g/mol. The predicted molar refractivity (Wildman–Crippen MR) is 54.3 cm³/mol. The van der Waals surface area contributed by atoms with Crippen molar-refractivity contribution in [1.29, 1.82) is 0 Å². The van der Waals surface area contributed by atoms with Gasteiger partial charge in [0.1, 0.15) is 0 Å². The minimum atomic E-state index is 0.650. The van der Waals surface area contributed by atoms with Gasteiger partial charge in [0, 0.05) is 6.54 Å². The summed E-state index contributed by atoms with van der Waals surface area (Å²) < 4.78 is 0. The summed E-state index contributed by atoms with van der Waals surface area (Å²) in [7, 11) is 0. The molecule has 0 radical (unpaired) electrons. The Labute approximate surface area is 76.9 Å². The first-order valence-electron chi connectivity index (χ1n) is 5.33. The molecule has 1 aliphatic carbocycles. The molecule has 1 rings (SSSR count). The van der Waals surface area contributed by atoms with Crippen molar-refractivity contribution in [3.05, 3.63) is 0 Å². The van der Waals surface area contributed by atoms with E-state index in [0.29, 0.717) is 5.41 Å². The van der Waals surface area contributed by atoms with E-state index in [4.69, 9.17) is 0 Å². The van der Waals surface area contributed by atoms with Crippen LogP contribution in [-0.4, -0.2) is 13.1 Å². The maximum atomic E-state index is 3.56.